The van der Waals surface area contributed by atoms with E-state index in [1.807, 2.05) is 0 Å². The first-order valence-electron chi connectivity index (χ1n) is 6.04. The van der Waals surface area contributed by atoms with E-state index < -0.39 is 9.85 Å². The van der Waals surface area contributed by atoms with Crippen molar-refractivity contribution in [2.45, 2.75) is 0 Å². The molecule has 0 aliphatic heterocycles. The van der Waals surface area contributed by atoms with Crippen molar-refractivity contribution in [1.29, 1.82) is 0 Å². The van der Waals surface area contributed by atoms with Crippen LogP contribution in [0, 0.1) is 20.2 Å². The van der Waals surface area contributed by atoms with Gasteiger partial charge in [-0.3, -0.25) is 20.2 Å². The largest absolute Gasteiger partial charge is 0.271 e. The molecular weight excluding hydrogens is 312 g/mol. The molecule has 0 spiro atoms. The van der Waals surface area contributed by atoms with E-state index in [9.17, 15) is 20.2 Å². The first-order chi connectivity index (χ1) is 10.5. The molecule has 0 amide bonds. The zero-order chi connectivity index (χ0) is 15.9. The summed E-state index contributed by atoms with van der Waals surface area (Å²) in [7, 11) is 0. The van der Waals surface area contributed by atoms with E-state index in [-0.39, 0.29) is 16.4 Å². The third-order valence-corrected chi connectivity index (χ3v) is 3.44. The van der Waals surface area contributed by atoms with Gasteiger partial charge >= 0.3 is 0 Å². The summed E-state index contributed by atoms with van der Waals surface area (Å²) in [6.07, 6.45) is 1.54. The van der Waals surface area contributed by atoms with Crippen LogP contribution in [0.5, 0.6) is 0 Å². The van der Waals surface area contributed by atoms with E-state index in [4.69, 9.17) is 11.6 Å². The zero-order valence-electron chi connectivity index (χ0n) is 10.8. The van der Waals surface area contributed by atoms with Crippen LogP contribution in [0.15, 0.2) is 42.6 Å². The van der Waals surface area contributed by atoms with Crippen LogP contribution < -0.4 is 0 Å². The van der Waals surface area contributed by atoms with Crippen molar-refractivity contribution in [2.75, 3.05) is 0 Å². The number of nitro groups is 2. The molecule has 0 radical (unpaired) electrons. The van der Waals surface area contributed by atoms with Crippen LogP contribution >= 0.6 is 11.6 Å². The first kappa shape index (κ1) is 14.0. The van der Waals surface area contributed by atoms with Gasteiger partial charge in [0.1, 0.15) is 0 Å². The van der Waals surface area contributed by atoms with Gasteiger partial charge in [0.2, 0.25) is 0 Å². The Morgan fingerprint density at radius 1 is 1.00 bits per heavy atom. The summed E-state index contributed by atoms with van der Waals surface area (Å²) in [6.45, 7) is 0. The van der Waals surface area contributed by atoms with E-state index in [0.29, 0.717) is 16.6 Å². The highest BCUT2D eigenvalue weighted by molar-refractivity contribution is 6.32. The molecule has 8 nitrogen and oxygen atoms in total. The number of hydrogen-bond donors (Lipinski definition) is 0. The molecule has 9 heteroatoms. The fourth-order valence-corrected chi connectivity index (χ4v) is 2.35. The molecule has 2 aromatic carbocycles. The van der Waals surface area contributed by atoms with Crippen molar-refractivity contribution in [3.05, 3.63) is 67.8 Å². The third kappa shape index (κ3) is 2.25. The number of hydrogen-bond acceptors (Lipinski definition) is 5. The summed E-state index contributed by atoms with van der Waals surface area (Å²) < 4.78 is 1.41. The second-order valence-electron chi connectivity index (χ2n) is 4.45. The number of halogens is 1. The molecule has 0 saturated heterocycles. The Morgan fingerprint density at radius 3 is 2.27 bits per heavy atom. The molecule has 0 saturated carbocycles. The lowest BCUT2D eigenvalue weighted by Crippen LogP contribution is -1.98. The number of fused-ring (bicyclic) bond motifs is 1. The quantitative estimate of drug-likeness (QED) is 0.543. The normalized spacial score (nSPS) is 10.8. The molecule has 0 aliphatic rings. The Morgan fingerprint density at radius 2 is 1.64 bits per heavy atom. The summed E-state index contributed by atoms with van der Waals surface area (Å²) in [4.78, 5) is 20.5. The fraction of sp³-hybridized carbons (Fsp3) is 0. The predicted molar refractivity (Wildman–Crippen MR) is 79.4 cm³/mol. The van der Waals surface area contributed by atoms with E-state index in [1.165, 1.54) is 41.2 Å². The lowest BCUT2D eigenvalue weighted by Gasteiger charge is -2.05. The Bertz CT molecular complexity index is 922. The summed E-state index contributed by atoms with van der Waals surface area (Å²) in [6, 6.07) is 8.29. The topological polar surface area (TPSA) is 104 Å². The zero-order valence-corrected chi connectivity index (χ0v) is 11.6. The Hall–Kier alpha value is -3.00. The molecule has 22 heavy (non-hydrogen) atoms. The van der Waals surface area contributed by atoms with Gasteiger partial charge < -0.3 is 0 Å². The van der Waals surface area contributed by atoms with Crippen molar-refractivity contribution >= 4 is 33.9 Å². The minimum atomic E-state index is -0.554. The first-order valence-corrected chi connectivity index (χ1v) is 6.41. The lowest BCUT2D eigenvalue weighted by molar-refractivity contribution is -0.385. The van der Waals surface area contributed by atoms with Gasteiger partial charge in [-0.2, -0.15) is 5.10 Å². The monoisotopic (exact) mass is 318 g/mol. The number of aromatic nitrogens is 2. The highest BCUT2D eigenvalue weighted by Crippen LogP contribution is 2.29. The average molecular weight is 319 g/mol. The van der Waals surface area contributed by atoms with Gasteiger partial charge in [0.15, 0.2) is 0 Å². The van der Waals surface area contributed by atoms with E-state index >= 15 is 0 Å². The molecule has 0 unspecified atom stereocenters. The molecule has 1 aromatic heterocycles. The molecule has 0 bridgehead atoms. The number of non-ortho nitro benzene ring substituents is 2. The van der Waals surface area contributed by atoms with E-state index in [2.05, 4.69) is 5.10 Å². The summed E-state index contributed by atoms with van der Waals surface area (Å²) in [5, 5.41) is 26.6. The van der Waals surface area contributed by atoms with Gasteiger partial charge in [-0.25, -0.2) is 4.68 Å². The van der Waals surface area contributed by atoms with Crippen molar-refractivity contribution < 1.29 is 9.85 Å². The fourth-order valence-electron chi connectivity index (χ4n) is 2.09. The maximum Gasteiger partial charge on any atom is 0.271 e. The van der Waals surface area contributed by atoms with Crippen LogP contribution in [-0.2, 0) is 0 Å². The number of benzene rings is 2. The van der Waals surface area contributed by atoms with E-state index in [0.717, 1.165) is 0 Å². The molecule has 0 N–H and O–H groups in total. The molecule has 0 fully saturated rings. The Labute approximate surface area is 127 Å². The minimum absolute atomic E-state index is 0.0766. The predicted octanol–water partition coefficient (Wildman–Crippen LogP) is 3.50. The number of rotatable bonds is 3. The molecule has 1 heterocycles. The second-order valence-corrected chi connectivity index (χ2v) is 4.86. The summed E-state index contributed by atoms with van der Waals surface area (Å²) in [5.41, 5.74) is 0.677. The van der Waals surface area contributed by atoms with Gasteiger partial charge in [0.05, 0.1) is 32.3 Å². The summed E-state index contributed by atoms with van der Waals surface area (Å²) in [5.74, 6) is 0. The van der Waals surface area contributed by atoms with Crippen LogP contribution in [0.25, 0.3) is 16.6 Å². The van der Waals surface area contributed by atoms with Crippen LogP contribution in [0.3, 0.4) is 0 Å². The van der Waals surface area contributed by atoms with Crippen molar-refractivity contribution in [3.63, 3.8) is 0 Å². The third-order valence-electron chi connectivity index (χ3n) is 3.14. The van der Waals surface area contributed by atoms with Crippen molar-refractivity contribution in [3.8, 4) is 5.69 Å². The molecular formula is C13H7ClN4O4. The average Bonchev–Trinajstić information content (AvgIpc) is 2.89. The van der Waals surface area contributed by atoms with Gasteiger partial charge in [-0.15, -0.1) is 0 Å². The standard InChI is InChI=1S/C13H7ClN4O4/c14-11-5-9(17(19)20)3-4-12(11)16-13-6-10(18(21)22)2-1-8(13)7-15-16/h1-7H. The minimum Gasteiger partial charge on any atom is -0.258 e. The highest BCUT2D eigenvalue weighted by atomic mass is 35.5. The molecule has 3 rings (SSSR count). The van der Waals surface area contributed by atoms with Gasteiger partial charge in [-0.1, -0.05) is 11.6 Å². The van der Waals surface area contributed by atoms with Crippen LogP contribution in [0.1, 0.15) is 0 Å². The van der Waals surface area contributed by atoms with Gasteiger partial charge in [0.25, 0.3) is 11.4 Å². The van der Waals surface area contributed by atoms with Crippen molar-refractivity contribution in [2.24, 2.45) is 0 Å². The van der Waals surface area contributed by atoms with E-state index in [1.54, 1.807) is 6.07 Å². The van der Waals surface area contributed by atoms with Crippen LogP contribution in [0.4, 0.5) is 11.4 Å². The smallest absolute Gasteiger partial charge is 0.258 e. The highest BCUT2D eigenvalue weighted by Gasteiger charge is 2.15. The lowest BCUT2D eigenvalue weighted by atomic mass is 10.2. The number of nitro benzene ring substituents is 2. The van der Waals surface area contributed by atoms with Gasteiger partial charge in [-0.05, 0) is 12.1 Å². The summed E-state index contributed by atoms with van der Waals surface area (Å²) >= 11 is 6.07. The van der Waals surface area contributed by atoms with Crippen LogP contribution in [0.2, 0.25) is 5.02 Å². The van der Waals surface area contributed by atoms with Gasteiger partial charge in [0, 0.05) is 29.7 Å². The Kier molecular flexibility index (Phi) is 3.22. The molecule has 0 atom stereocenters. The maximum absolute atomic E-state index is 10.9. The Balaban J connectivity index is 2.20. The van der Waals surface area contributed by atoms with Crippen LogP contribution in [-0.4, -0.2) is 19.6 Å². The molecule has 0 aliphatic carbocycles. The van der Waals surface area contributed by atoms with Crippen molar-refractivity contribution in [1.82, 2.24) is 9.78 Å². The SMILES string of the molecule is O=[N+]([O-])c1ccc(-n2ncc3ccc([N+](=O)[O-])cc32)c(Cl)c1. The molecule has 3 aromatic rings. The number of nitrogens with zero attached hydrogens (tertiary/aromatic N) is 4. The maximum atomic E-state index is 10.9. The second kappa shape index (κ2) is 5.08. The molecule has 110 valence electrons.